The van der Waals surface area contributed by atoms with Crippen LogP contribution in [0.5, 0.6) is 0 Å². The minimum atomic E-state index is -0.524. The van der Waals surface area contributed by atoms with E-state index in [0.29, 0.717) is 11.3 Å². The Labute approximate surface area is 79.3 Å². The van der Waals surface area contributed by atoms with E-state index in [2.05, 4.69) is 0 Å². The number of Topliss-reactive ketones (excluding diaryl/α,β-unsaturated/α-hetero) is 1. The van der Waals surface area contributed by atoms with Crippen LogP contribution in [0.25, 0.3) is 0 Å². The molecule has 2 rings (SSSR count). The zero-order chi connectivity index (χ0) is 10.1. The number of rotatable bonds is 1. The summed E-state index contributed by atoms with van der Waals surface area (Å²) >= 11 is 0. The zero-order valence-electron chi connectivity index (χ0n) is 7.19. The molecule has 1 amide bonds. The second-order valence-electron chi connectivity index (χ2n) is 2.94. The van der Waals surface area contributed by atoms with Crippen molar-refractivity contribution in [2.45, 2.75) is 6.42 Å². The zero-order valence-corrected chi connectivity index (χ0v) is 7.19. The third-order valence-electron chi connectivity index (χ3n) is 2.10. The molecule has 70 valence electrons. The first-order chi connectivity index (χ1) is 6.74. The van der Waals surface area contributed by atoms with E-state index in [1.165, 1.54) is 5.29 Å². The van der Waals surface area contributed by atoms with Crippen LogP contribution in [0, 0.1) is 4.91 Å². The van der Waals surface area contributed by atoms with Gasteiger partial charge in [0, 0.05) is 10.5 Å². The summed E-state index contributed by atoms with van der Waals surface area (Å²) < 4.78 is 0. The highest BCUT2D eigenvalue weighted by Gasteiger charge is 2.33. The van der Waals surface area contributed by atoms with Crippen LogP contribution >= 0.6 is 0 Å². The molecule has 0 atom stereocenters. The number of hydrogen-bond acceptors (Lipinski definition) is 3. The summed E-state index contributed by atoms with van der Waals surface area (Å²) in [6, 6.07) is 6.49. The van der Waals surface area contributed by atoms with Crippen LogP contribution < -0.4 is 10.3 Å². The van der Waals surface area contributed by atoms with Gasteiger partial charge < -0.3 is 0 Å². The van der Waals surface area contributed by atoms with Crippen molar-refractivity contribution in [3.8, 4) is 0 Å². The Bertz CT molecular complexity index is 428. The number of hydrogen-bond donors (Lipinski definition) is 1. The molecule has 1 aliphatic rings. The van der Waals surface area contributed by atoms with Crippen molar-refractivity contribution in [2.24, 2.45) is 0 Å². The van der Waals surface area contributed by atoms with Gasteiger partial charge >= 0.3 is 0 Å². The number of benzene rings is 1. The fourth-order valence-electron chi connectivity index (χ4n) is 1.45. The molecule has 1 heterocycles. The molecular formula is C9H7N2O3+. The molecule has 5 heteroatoms. The van der Waals surface area contributed by atoms with Crippen molar-refractivity contribution in [3.63, 3.8) is 0 Å². The minimum Gasteiger partial charge on any atom is -0.294 e. The molecule has 0 aliphatic carbocycles. The van der Waals surface area contributed by atoms with Crippen LogP contribution in [0.4, 0.5) is 5.69 Å². The summed E-state index contributed by atoms with van der Waals surface area (Å²) in [6.07, 6.45) is -0.258. The van der Waals surface area contributed by atoms with Gasteiger partial charge in [-0.15, -0.1) is 0 Å². The van der Waals surface area contributed by atoms with Crippen molar-refractivity contribution in [2.75, 3.05) is 5.01 Å². The van der Waals surface area contributed by atoms with Crippen LogP contribution in [0.15, 0.2) is 24.3 Å². The smallest absolute Gasteiger partial charge is 0.294 e. The summed E-state index contributed by atoms with van der Waals surface area (Å²) in [4.78, 5) is 33.1. The topological polar surface area (TPSA) is 68.4 Å². The third kappa shape index (κ3) is 1.10. The van der Waals surface area contributed by atoms with E-state index in [-0.39, 0.29) is 12.2 Å². The first-order valence-electron chi connectivity index (χ1n) is 4.07. The van der Waals surface area contributed by atoms with Gasteiger partial charge in [-0.3, -0.25) is 9.59 Å². The lowest BCUT2D eigenvalue weighted by Crippen LogP contribution is -2.81. The molecule has 1 aromatic carbocycles. The molecule has 1 aromatic rings. The van der Waals surface area contributed by atoms with Crippen molar-refractivity contribution >= 4 is 17.4 Å². The molecule has 0 fully saturated rings. The maximum Gasteiger partial charge on any atom is 0.295 e. The molecule has 0 spiro atoms. The molecule has 5 nitrogen and oxygen atoms in total. The Kier molecular flexibility index (Phi) is 1.85. The highest BCUT2D eigenvalue weighted by molar-refractivity contribution is 6.18. The fraction of sp³-hybridized carbons (Fsp3) is 0.111. The molecule has 0 aromatic heterocycles. The standard InChI is InChI=1S/C9H6N2O3/c12-8-5-9(13)11(10-14)7-4-2-1-3-6(7)8/h1-4H,5H2/p+1. The Balaban J connectivity index is 2.61. The van der Waals surface area contributed by atoms with Gasteiger partial charge in [-0.1, -0.05) is 12.1 Å². The number of fused-ring (bicyclic) bond motifs is 1. The SMILES string of the molecule is O=[NH+]N1C(=O)CC(=O)c2ccccc21. The first-order valence-corrected chi connectivity index (χ1v) is 4.07. The van der Waals surface area contributed by atoms with E-state index in [1.807, 2.05) is 0 Å². The number of carbonyl (C=O) groups excluding carboxylic acids is 2. The number of anilines is 1. The highest BCUT2D eigenvalue weighted by atomic mass is 16.3. The molecule has 0 saturated heterocycles. The monoisotopic (exact) mass is 191 g/mol. The van der Waals surface area contributed by atoms with E-state index < -0.39 is 5.91 Å². The van der Waals surface area contributed by atoms with Gasteiger partial charge in [-0.2, -0.15) is 0 Å². The molecule has 1 N–H and O–H groups in total. The van der Waals surface area contributed by atoms with Gasteiger partial charge in [0.1, 0.15) is 11.0 Å². The summed E-state index contributed by atoms with van der Waals surface area (Å²) in [5.74, 6) is -0.777. The van der Waals surface area contributed by atoms with Crippen molar-refractivity contribution in [1.29, 1.82) is 0 Å². The van der Waals surface area contributed by atoms with Gasteiger partial charge in [-0.05, 0) is 17.1 Å². The van der Waals surface area contributed by atoms with E-state index in [9.17, 15) is 14.5 Å². The summed E-state index contributed by atoms with van der Waals surface area (Å²) in [7, 11) is 0. The Morgan fingerprint density at radius 1 is 1.21 bits per heavy atom. The largest absolute Gasteiger partial charge is 0.295 e. The molecule has 0 bridgehead atoms. The second kappa shape index (κ2) is 3.02. The van der Waals surface area contributed by atoms with E-state index in [1.54, 1.807) is 24.3 Å². The maximum atomic E-state index is 11.4. The van der Waals surface area contributed by atoms with Crippen LogP contribution in [0.3, 0.4) is 0 Å². The summed E-state index contributed by atoms with van der Waals surface area (Å²) in [5, 5.41) is 2.36. The third-order valence-corrected chi connectivity index (χ3v) is 2.10. The lowest BCUT2D eigenvalue weighted by molar-refractivity contribution is -0.484. The Hall–Kier alpha value is -2.04. The number of amides is 1. The quantitative estimate of drug-likeness (QED) is 0.601. The normalized spacial score (nSPS) is 15.3. The lowest BCUT2D eigenvalue weighted by Gasteiger charge is -2.16. The molecule has 0 radical (unpaired) electrons. The van der Waals surface area contributed by atoms with Gasteiger partial charge in [-0.25, -0.2) is 0 Å². The van der Waals surface area contributed by atoms with Crippen molar-refractivity contribution < 1.29 is 14.9 Å². The molecule has 0 saturated carbocycles. The van der Waals surface area contributed by atoms with Crippen molar-refractivity contribution in [1.82, 2.24) is 0 Å². The highest BCUT2D eigenvalue weighted by Crippen LogP contribution is 2.23. The number of nitroso groups, excluding NO2 is 1. The van der Waals surface area contributed by atoms with Crippen LogP contribution in [-0.2, 0) is 4.79 Å². The lowest BCUT2D eigenvalue weighted by atomic mass is 10.0. The van der Waals surface area contributed by atoms with Gasteiger partial charge in [0.05, 0.1) is 6.42 Å². The van der Waals surface area contributed by atoms with Crippen molar-refractivity contribution in [3.05, 3.63) is 34.7 Å². The van der Waals surface area contributed by atoms with Gasteiger partial charge in [0.2, 0.25) is 0 Å². The average Bonchev–Trinajstić information content (AvgIpc) is 2.18. The number of hydrazine groups is 1. The summed E-state index contributed by atoms with van der Waals surface area (Å²) in [6.45, 7) is 0. The predicted molar refractivity (Wildman–Crippen MR) is 47.2 cm³/mol. The van der Waals surface area contributed by atoms with Crippen LogP contribution in [0.2, 0.25) is 0 Å². The van der Waals surface area contributed by atoms with Gasteiger partial charge in [0.25, 0.3) is 5.91 Å². The Morgan fingerprint density at radius 2 is 1.93 bits per heavy atom. The second-order valence-corrected chi connectivity index (χ2v) is 2.94. The Morgan fingerprint density at radius 3 is 2.64 bits per heavy atom. The number of ketones is 1. The minimum absolute atomic E-state index is 0.253. The van der Waals surface area contributed by atoms with E-state index in [0.717, 1.165) is 5.01 Å². The number of nitrogens with one attached hydrogen (secondary N) is 1. The van der Waals surface area contributed by atoms with E-state index in [4.69, 9.17) is 0 Å². The molecular weight excluding hydrogens is 184 g/mol. The van der Waals surface area contributed by atoms with Crippen LogP contribution in [-0.4, -0.2) is 11.7 Å². The number of carbonyl (C=O) groups is 2. The maximum absolute atomic E-state index is 11.4. The average molecular weight is 191 g/mol. The molecule has 0 unspecified atom stereocenters. The van der Waals surface area contributed by atoms with E-state index >= 15 is 0 Å². The van der Waals surface area contributed by atoms with Crippen LogP contribution in [0.1, 0.15) is 16.8 Å². The first kappa shape index (κ1) is 8.55. The fourth-order valence-corrected chi connectivity index (χ4v) is 1.45. The van der Waals surface area contributed by atoms with Gasteiger partial charge in [0.15, 0.2) is 5.78 Å². The predicted octanol–water partition coefficient (Wildman–Crippen LogP) is -0.632. The number of para-hydroxylation sites is 1. The molecule has 1 aliphatic heterocycles. The number of nitrogens with zero attached hydrogens (tertiary/aromatic N) is 1. The summed E-state index contributed by atoms with van der Waals surface area (Å²) in [5.41, 5.74) is 0.721. The molecule has 14 heavy (non-hydrogen) atoms.